The number of benzene rings is 2. The van der Waals surface area contributed by atoms with Crippen LogP contribution in [0.3, 0.4) is 0 Å². The molecular formula is C19H18N2O4. The molecule has 3 rings (SSSR count). The van der Waals surface area contributed by atoms with Gasteiger partial charge in [-0.15, -0.1) is 0 Å². The van der Waals surface area contributed by atoms with Gasteiger partial charge in [-0.3, -0.25) is 14.4 Å². The number of amides is 2. The van der Waals surface area contributed by atoms with Gasteiger partial charge in [-0.2, -0.15) is 0 Å². The largest absolute Gasteiger partial charge is 0.479 e. The van der Waals surface area contributed by atoms with E-state index in [-0.39, 0.29) is 30.4 Å². The third-order valence-corrected chi connectivity index (χ3v) is 3.87. The van der Waals surface area contributed by atoms with E-state index in [2.05, 4.69) is 10.6 Å². The molecule has 0 bridgehead atoms. The molecular weight excluding hydrogens is 320 g/mol. The molecule has 2 N–H and O–H groups in total. The highest BCUT2D eigenvalue weighted by atomic mass is 16.5. The smallest absolute Gasteiger partial charge is 0.265 e. The van der Waals surface area contributed by atoms with Crippen molar-refractivity contribution in [1.82, 2.24) is 0 Å². The Balaban J connectivity index is 1.57. The fourth-order valence-electron chi connectivity index (χ4n) is 2.51. The van der Waals surface area contributed by atoms with Gasteiger partial charge in [0.25, 0.3) is 5.91 Å². The number of ketones is 1. The first-order chi connectivity index (χ1) is 12.0. The van der Waals surface area contributed by atoms with Crippen molar-refractivity contribution in [1.29, 1.82) is 0 Å². The second-order valence-electron chi connectivity index (χ2n) is 5.80. The molecule has 2 amide bonds. The molecule has 0 aliphatic carbocycles. The molecule has 0 fully saturated rings. The van der Waals surface area contributed by atoms with Gasteiger partial charge in [-0.05, 0) is 25.1 Å². The number of rotatable bonds is 5. The fraction of sp³-hybridized carbons (Fsp3) is 0.211. The van der Waals surface area contributed by atoms with Crippen molar-refractivity contribution < 1.29 is 19.1 Å². The molecule has 128 valence electrons. The minimum Gasteiger partial charge on any atom is -0.479 e. The molecule has 0 saturated heterocycles. The topological polar surface area (TPSA) is 84.5 Å². The number of anilines is 2. The van der Waals surface area contributed by atoms with E-state index in [1.54, 1.807) is 49.4 Å². The van der Waals surface area contributed by atoms with Crippen molar-refractivity contribution in [2.75, 3.05) is 10.6 Å². The average Bonchev–Trinajstić information content (AvgIpc) is 2.61. The molecule has 2 aromatic rings. The van der Waals surface area contributed by atoms with Crippen molar-refractivity contribution in [2.45, 2.75) is 25.9 Å². The lowest BCUT2D eigenvalue weighted by Crippen LogP contribution is -2.34. The zero-order valence-corrected chi connectivity index (χ0v) is 13.7. The van der Waals surface area contributed by atoms with Gasteiger partial charge < -0.3 is 15.4 Å². The van der Waals surface area contributed by atoms with Crippen LogP contribution in [0.4, 0.5) is 11.4 Å². The Morgan fingerprint density at radius 2 is 1.88 bits per heavy atom. The van der Waals surface area contributed by atoms with Crippen LogP contribution in [0.1, 0.15) is 30.1 Å². The minimum absolute atomic E-state index is 0.0733. The lowest BCUT2D eigenvalue weighted by atomic mass is 10.1. The summed E-state index contributed by atoms with van der Waals surface area (Å²) in [5, 5.41) is 5.45. The van der Waals surface area contributed by atoms with Gasteiger partial charge in [0.15, 0.2) is 11.9 Å². The molecule has 2 aromatic carbocycles. The Labute approximate surface area is 145 Å². The Bertz CT molecular complexity index is 817. The highest BCUT2D eigenvalue weighted by Crippen LogP contribution is 2.32. The molecule has 6 heteroatoms. The van der Waals surface area contributed by atoms with Gasteiger partial charge in [0.1, 0.15) is 5.75 Å². The summed E-state index contributed by atoms with van der Waals surface area (Å²) in [6.07, 6.45) is -0.319. The van der Waals surface area contributed by atoms with Crippen LogP contribution in [0.5, 0.6) is 5.75 Å². The zero-order chi connectivity index (χ0) is 17.8. The van der Waals surface area contributed by atoms with Crippen LogP contribution in [-0.4, -0.2) is 23.7 Å². The predicted octanol–water partition coefficient (Wildman–Crippen LogP) is 3.01. The van der Waals surface area contributed by atoms with Crippen LogP contribution in [-0.2, 0) is 9.59 Å². The molecule has 1 aliphatic heterocycles. The number of hydrogen-bond acceptors (Lipinski definition) is 4. The molecule has 6 nitrogen and oxygen atoms in total. The summed E-state index contributed by atoms with van der Waals surface area (Å²) in [5.41, 5.74) is 1.65. The van der Waals surface area contributed by atoms with Crippen molar-refractivity contribution in [3.05, 3.63) is 54.1 Å². The average molecular weight is 338 g/mol. The SMILES string of the molecule is C[C@H]1Oc2ccc(NC(=O)CCC(=O)c3ccccc3)cc2NC1=O. The van der Waals surface area contributed by atoms with E-state index in [1.807, 2.05) is 6.07 Å². The second-order valence-corrected chi connectivity index (χ2v) is 5.80. The molecule has 0 saturated carbocycles. The van der Waals surface area contributed by atoms with E-state index < -0.39 is 6.10 Å². The Kier molecular flexibility index (Phi) is 4.79. The van der Waals surface area contributed by atoms with Crippen LogP contribution in [0.15, 0.2) is 48.5 Å². The number of ether oxygens (including phenoxy) is 1. The monoisotopic (exact) mass is 338 g/mol. The van der Waals surface area contributed by atoms with Crippen LogP contribution >= 0.6 is 0 Å². The van der Waals surface area contributed by atoms with Crippen LogP contribution in [0, 0.1) is 0 Å². The number of carbonyl (C=O) groups excluding carboxylic acids is 3. The van der Waals surface area contributed by atoms with Crippen molar-refractivity contribution >= 4 is 29.0 Å². The summed E-state index contributed by atoms with van der Waals surface area (Å²) in [6.45, 7) is 1.66. The number of hydrogen-bond donors (Lipinski definition) is 2. The first-order valence-corrected chi connectivity index (χ1v) is 8.02. The van der Waals surface area contributed by atoms with E-state index >= 15 is 0 Å². The molecule has 0 radical (unpaired) electrons. The molecule has 25 heavy (non-hydrogen) atoms. The summed E-state index contributed by atoms with van der Waals surface area (Å²) in [6, 6.07) is 13.9. The number of carbonyl (C=O) groups is 3. The minimum atomic E-state index is -0.544. The number of nitrogens with one attached hydrogen (secondary N) is 2. The van der Waals surface area contributed by atoms with Crippen molar-refractivity contribution in [2.24, 2.45) is 0 Å². The summed E-state index contributed by atoms with van der Waals surface area (Å²) in [7, 11) is 0. The molecule has 1 atom stereocenters. The standard InChI is InChI=1S/C19H18N2O4/c1-12-19(24)21-15-11-14(7-9-17(15)25-12)20-18(23)10-8-16(22)13-5-3-2-4-6-13/h2-7,9,11-12H,8,10H2,1H3,(H,20,23)(H,21,24)/t12-/m1/s1. The first-order valence-electron chi connectivity index (χ1n) is 8.02. The molecule has 0 spiro atoms. The molecule has 1 heterocycles. The van der Waals surface area contributed by atoms with Crippen LogP contribution in [0.25, 0.3) is 0 Å². The second kappa shape index (κ2) is 7.17. The quantitative estimate of drug-likeness (QED) is 0.821. The molecule has 1 aliphatic rings. The third-order valence-electron chi connectivity index (χ3n) is 3.87. The lowest BCUT2D eigenvalue weighted by molar-refractivity contribution is -0.122. The Hall–Kier alpha value is -3.15. The van der Waals surface area contributed by atoms with Gasteiger partial charge >= 0.3 is 0 Å². The zero-order valence-electron chi connectivity index (χ0n) is 13.7. The fourth-order valence-corrected chi connectivity index (χ4v) is 2.51. The normalized spacial score (nSPS) is 15.6. The predicted molar refractivity (Wildman–Crippen MR) is 93.8 cm³/mol. The molecule has 0 aromatic heterocycles. The van der Waals surface area contributed by atoms with E-state index in [1.165, 1.54) is 0 Å². The Morgan fingerprint density at radius 1 is 1.12 bits per heavy atom. The van der Waals surface area contributed by atoms with Gasteiger partial charge in [0.2, 0.25) is 5.91 Å². The summed E-state index contributed by atoms with van der Waals surface area (Å²) < 4.78 is 5.46. The van der Waals surface area contributed by atoms with E-state index in [0.717, 1.165) is 0 Å². The van der Waals surface area contributed by atoms with E-state index in [9.17, 15) is 14.4 Å². The van der Waals surface area contributed by atoms with Gasteiger partial charge in [0.05, 0.1) is 5.69 Å². The van der Waals surface area contributed by atoms with Gasteiger partial charge in [-0.25, -0.2) is 0 Å². The van der Waals surface area contributed by atoms with Crippen LogP contribution < -0.4 is 15.4 Å². The van der Waals surface area contributed by atoms with Crippen LogP contribution in [0.2, 0.25) is 0 Å². The maximum absolute atomic E-state index is 12.1. The van der Waals surface area contributed by atoms with Gasteiger partial charge in [0, 0.05) is 24.1 Å². The van der Waals surface area contributed by atoms with Gasteiger partial charge in [-0.1, -0.05) is 30.3 Å². The first kappa shape index (κ1) is 16.7. The summed E-state index contributed by atoms with van der Waals surface area (Å²) >= 11 is 0. The summed E-state index contributed by atoms with van der Waals surface area (Å²) in [5.74, 6) is -0.00900. The number of fused-ring (bicyclic) bond motifs is 1. The number of Topliss-reactive ketones (excluding diaryl/α,β-unsaturated/α-hetero) is 1. The Morgan fingerprint density at radius 3 is 2.64 bits per heavy atom. The highest BCUT2D eigenvalue weighted by molar-refractivity contribution is 6.01. The maximum Gasteiger partial charge on any atom is 0.265 e. The summed E-state index contributed by atoms with van der Waals surface area (Å²) in [4.78, 5) is 35.7. The lowest BCUT2D eigenvalue weighted by Gasteiger charge is -2.23. The van der Waals surface area contributed by atoms with E-state index in [0.29, 0.717) is 22.7 Å². The maximum atomic E-state index is 12.1. The van der Waals surface area contributed by atoms with Crippen molar-refractivity contribution in [3.63, 3.8) is 0 Å². The highest BCUT2D eigenvalue weighted by Gasteiger charge is 2.23. The van der Waals surface area contributed by atoms with E-state index in [4.69, 9.17) is 4.74 Å². The van der Waals surface area contributed by atoms with Crippen molar-refractivity contribution in [3.8, 4) is 5.75 Å². The molecule has 0 unspecified atom stereocenters. The third kappa shape index (κ3) is 4.03.